The molecule has 1 atom stereocenters. The van der Waals surface area contributed by atoms with Gasteiger partial charge in [0.25, 0.3) is 0 Å². The van der Waals surface area contributed by atoms with Crippen LogP contribution in [-0.4, -0.2) is 36.1 Å². The zero-order valence-electron chi connectivity index (χ0n) is 11.4. The summed E-state index contributed by atoms with van der Waals surface area (Å²) in [7, 11) is 2.00. The molecule has 1 unspecified atom stereocenters. The van der Waals surface area contributed by atoms with Crippen LogP contribution in [0.2, 0.25) is 0 Å². The van der Waals surface area contributed by atoms with Crippen molar-refractivity contribution >= 4 is 17.6 Å². The molecule has 1 aliphatic carbocycles. The van der Waals surface area contributed by atoms with Gasteiger partial charge in [0, 0.05) is 24.7 Å². The lowest BCUT2D eigenvalue weighted by Crippen LogP contribution is -2.30. The van der Waals surface area contributed by atoms with Crippen molar-refractivity contribution in [1.82, 2.24) is 15.3 Å². The van der Waals surface area contributed by atoms with Crippen LogP contribution in [0.1, 0.15) is 24.8 Å². The summed E-state index contributed by atoms with van der Waals surface area (Å²) in [6, 6.07) is 0.520. The molecular weight excluding hydrogens is 240 g/mol. The van der Waals surface area contributed by atoms with Crippen LogP contribution in [0.4, 0.5) is 17.6 Å². The second kappa shape index (κ2) is 4.85. The zero-order valence-corrected chi connectivity index (χ0v) is 11.4. The number of hydrogen-bond acceptors (Lipinski definition) is 6. The molecular formula is C13H22N6. The smallest absolute Gasteiger partial charge is 0.223 e. The Morgan fingerprint density at radius 1 is 1.26 bits per heavy atom. The van der Waals surface area contributed by atoms with Gasteiger partial charge in [0.15, 0.2) is 0 Å². The van der Waals surface area contributed by atoms with E-state index in [9.17, 15) is 0 Å². The Morgan fingerprint density at radius 3 is 2.68 bits per heavy atom. The summed E-state index contributed by atoms with van der Waals surface area (Å²) in [5.74, 6) is 2.55. The summed E-state index contributed by atoms with van der Waals surface area (Å²) in [6.45, 7) is 1.96. The van der Waals surface area contributed by atoms with Gasteiger partial charge in [-0.25, -0.2) is 0 Å². The van der Waals surface area contributed by atoms with Gasteiger partial charge in [0.05, 0.1) is 0 Å². The predicted octanol–water partition coefficient (Wildman–Crippen LogP) is 0.392. The number of likely N-dealkylation sites (N-methyl/N-ethyl adjacent to an activating group) is 1. The minimum absolute atomic E-state index is 0.278. The third kappa shape index (κ3) is 2.58. The van der Waals surface area contributed by atoms with E-state index < -0.39 is 0 Å². The summed E-state index contributed by atoms with van der Waals surface area (Å²) < 4.78 is 0. The van der Waals surface area contributed by atoms with Gasteiger partial charge < -0.3 is 21.7 Å². The van der Waals surface area contributed by atoms with Crippen molar-refractivity contribution < 1.29 is 0 Å². The van der Waals surface area contributed by atoms with Crippen LogP contribution in [0.15, 0.2) is 0 Å². The van der Waals surface area contributed by atoms with Crippen LogP contribution >= 0.6 is 0 Å². The summed E-state index contributed by atoms with van der Waals surface area (Å²) in [5.41, 5.74) is 12.9. The molecule has 0 amide bonds. The van der Waals surface area contributed by atoms with E-state index in [1.165, 1.54) is 12.8 Å². The lowest BCUT2D eigenvalue weighted by Gasteiger charge is -2.22. The molecule has 5 N–H and O–H groups in total. The third-order valence-corrected chi connectivity index (χ3v) is 4.12. The highest BCUT2D eigenvalue weighted by Gasteiger charge is 2.29. The van der Waals surface area contributed by atoms with Gasteiger partial charge in [0.1, 0.15) is 11.6 Å². The minimum Gasteiger partial charge on any atom is -0.383 e. The fourth-order valence-electron chi connectivity index (χ4n) is 2.76. The Kier molecular flexibility index (Phi) is 3.18. The third-order valence-electron chi connectivity index (χ3n) is 4.12. The maximum atomic E-state index is 6.06. The first-order valence-corrected chi connectivity index (χ1v) is 7.01. The molecule has 1 saturated heterocycles. The molecule has 1 saturated carbocycles. The topological polar surface area (TPSA) is 93.1 Å². The second-order valence-corrected chi connectivity index (χ2v) is 5.64. The van der Waals surface area contributed by atoms with E-state index in [-0.39, 0.29) is 5.95 Å². The van der Waals surface area contributed by atoms with Crippen LogP contribution in [-0.2, 0) is 6.42 Å². The highest BCUT2D eigenvalue weighted by atomic mass is 15.3. The number of anilines is 3. The Labute approximate surface area is 113 Å². The molecule has 0 bridgehead atoms. The minimum atomic E-state index is 0.278. The average molecular weight is 262 g/mol. The van der Waals surface area contributed by atoms with Crippen molar-refractivity contribution in [2.45, 2.75) is 31.7 Å². The molecule has 0 aromatic carbocycles. The van der Waals surface area contributed by atoms with Gasteiger partial charge in [-0.15, -0.1) is 0 Å². The van der Waals surface area contributed by atoms with Gasteiger partial charge in [0.2, 0.25) is 5.95 Å². The molecule has 2 fully saturated rings. The van der Waals surface area contributed by atoms with E-state index in [4.69, 9.17) is 11.5 Å². The predicted molar refractivity (Wildman–Crippen MR) is 77.0 cm³/mol. The summed E-state index contributed by atoms with van der Waals surface area (Å²) in [5, 5.41) is 3.32. The van der Waals surface area contributed by atoms with E-state index in [1.807, 2.05) is 7.05 Å². The van der Waals surface area contributed by atoms with Gasteiger partial charge in [-0.1, -0.05) is 0 Å². The highest BCUT2D eigenvalue weighted by molar-refractivity contribution is 5.60. The maximum absolute atomic E-state index is 6.06. The SMILES string of the molecule is CNC1CCN(c2nc(N)nc(N)c2CC2CC2)C1. The van der Waals surface area contributed by atoms with E-state index in [0.717, 1.165) is 43.2 Å². The van der Waals surface area contributed by atoms with Crippen molar-refractivity contribution in [1.29, 1.82) is 0 Å². The average Bonchev–Trinajstić information content (AvgIpc) is 3.06. The Bertz CT molecular complexity index is 470. The molecule has 6 nitrogen and oxygen atoms in total. The second-order valence-electron chi connectivity index (χ2n) is 5.64. The first-order chi connectivity index (χ1) is 9.17. The lowest BCUT2D eigenvalue weighted by molar-refractivity contribution is 0.616. The molecule has 19 heavy (non-hydrogen) atoms. The molecule has 3 rings (SSSR count). The quantitative estimate of drug-likeness (QED) is 0.727. The number of nitrogen functional groups attached to an aromatic ring is 2. The number of nitrogens with zero attached hydrogens (tertiary/aromatic N) is 3. The van der Waals surface area contributed by atoms with Gasteiger partial charge in [-0.05, 0) is 38.6 Å². The highest BCUT2D eigenvalue weighted by Crippen LogP contribution is 2.37. The summed E-state index contributed by atoms with van der Waals surface area (Å²) in [4.78, 5) is 10.9. The molecule has 0 spiro atoms. The maximum Gasteiger partial charge on any atom is 0.223 e. The number of hydrogen-bond donors (Lipinski definition) is 3. The summed E-state index contributed by atoms with van der Waals surface area (Å²) in [6.07, 6.45) is 4.70. The van der Waals surface area contributed by atoms with Crippen LogP contribution < -0.4 is 21.7 Å². The van der Waals surface area contributed by atoms with Crippen LogP contribution in [0.5, 0.6) is 0 Å². The first-order valence-electron chi connectivity index (χ1n) is 7.01. The zero-order chi connectivity index (χ0) is 13.4. The van der Waals surface area contributed by atoms with Gasteiger partial charge >= 0.3 is 0 Å². The molecule has 1 aromatic rings. The monoisotopic (exact) mass is 262 g/mol. The van der Waals surface area contributed by atoms with E-state index in [1.54, 1.807) is 0 Å². The fourth-order valence-corrected chi connectivity index (χ4v) is 2.76. The summed E-state index contributed by atoms with van der Waals surface area (Å²) >= 11 is 0. The van der Waals surface area contributed by atoms with E-state index >= 15 is 0 Å². The molecule has 0 radical (unpaired) electrons. The Hall–Kier alpha value is -1.56. The van der Waals surface area contributed by atoms with Crippen LogP contribution in [0.3, 0.4) is 0 Å². The van der Waals surface area contributed by atoms with Crippen molar-refractivity contribution in [2.24, 2.45) is 5.92 Å². The Balaban J connectivity index is 1.89. The van der Waals surface area contributed by atoms with E-state index in [0.29, 0.717) is 11.9 Å². The number of nitrogens with one attached hydrogen (secondary N) is 1. The molecule has 1 aromatic heterocycles. The largest absolute Gasteiger partial charge is 0.383 e. The molecule has 2 heterocycles. The fraction of sp³-hybridized carbons (Fsp3) is 0.692. The standard InChI is InChI=1S/C13H22N6/c1-16-9-4-5-19(7-9)12-10(6-8-2-3-8)11(14)17-13(15)18-12/h8-9,16H,2-7H2,1H3,(H4,14,15,17,18). The normalized spacial score (nSPS) is 23.0. The lowest BCUT2D eigenvalue weighted by atomic mass is 10.1. The number of aromatic nitrogens is 2. The molecule has 104 valence electrons. The molecule has 2 aliphatic rings. The van der Waals surface area contributed by atoms with E-state index in [2.05, 4.69) is 20.2 Å². The van der Waals surface area contributed by atoms with Crippen molar-refractivity contribution in [3.63, 3.8) is 0 Å². The molecule has 6 heteroatoms. The van der Waals surface area contributed by atoms with Crippen molar-refractivity contribution in [3.8, 4) is 0 Å². The van der Waals surface area contributed by atoms with Crippen LogP contribution in [0.25, 0.3) is 0 Å². The van der Waals surface area contributed by atoms with Gasteiger partial charge in [-0.2, -0.15) is 9.97 Å². The van der Waals surface area contributed by atoms with Crippen molar-refractivity contribution in [2.75, 3.05) is 36.5 Å². The Morgan fingerprint density at radius 2 is 2.05 bits per heavy atom. The molecule has 1 aliphatic heterocycles. The van der Waals surface area contributed by atoms with Crippen molar-refractivity contribution in [3.05, 3.63) is 5.56 Å². The van der Waals surface area contributed by atoms with Crippen LogP contribution in [0, 0.1) is 5.92 Å². The number of rotatable bonds is 4. The van der Waals surface area contributed by atoms with Gasteiger partial charge in [-0.3, -0.25) is 0 Å². The first kappa shape index (κ1) is 12.5. The number of nitrogens with two attached hydrogens (primary N) is 2.